The van der Waals surface area contributed by atoms with Gasteiger partial charge in [-0.15, -0.1) is 0 Å². The molecule has 26 heavy (non-hydrogen) atoms. The molecule has 2 heterocycles. The van der Waals surface area contributed by atoms with Crippen molar-refractivity contribution in [2.75, 3.05) is 26.2 Å². The lowest BCUT2D eigenvalue weighted by atomic mass is 9.93. The van der Waals surface area contributed by atoms with Gasteiger partial charge in [0.25, 0.3) is 0 Å². The molecule has 0 bridgehead atoms. The van der Waals surface area contributed by atoms with Crippen LogP contribution in [0.25, 0.3) is 10.9 Å². The third kappa shape index (κ3) is 5.34. The molecule has 0 atom stereocenters. The molecule has 2 N–H and O–H groups in total. The number of aromatic nitrogens is 1. The van der Waals surface area contributed by atoms with Crippen molar-refractivity contribution in [3.05, 3.63) is 36.0 Å². The van der Waals surface area contributed by atoms with Crippen LogP contribution in [0.5, 0.6) is 0 Å². The van der Waals surface area contributed by atoms with E-state index in [4.69, 9.17) is 0 Å². The van der Waals surface area contributed by atoms with Gasteiger partial charge in [-0.05, 0) is 68.8 Å². The fourth-order valence-corrected chi connectivity index (χ4v) is 3.86. The van der Waals surface area contributed by atoms with Crippen LogP contribution in [0, 0.1) is 11.8 Å². The van der Waals surface area contributed by atoms with Crippen molar-refractivity contribution in [2.45, 2.75) is 46.0 Å². The fraction of sp³-hybridized carbons (Fsp3) is 0.591. The predicted molar refractivity (Wildman–Crippen MR) is 108 cm³/mol. The summed E-state index contributed by atoms with van der Waals surface area (Å²) in [7, 11) is 0. The van der Waals surface area contributed by atoms with Crippen LogP contribution < -0.4 is 5.32 Å². The molecule has 142 valence electrons. The molecule has 3 rings (SSSR count). The van der Waals surface area contributed by atoms with E-state index >= 15 is 0 Å². The summed E-state index contributed by atoms with van der Waals surface area (Å²) in [5.41, 5.74) is 2.44. The summed E-state index contributed by atoms with van der Waals surface area (Å²) in [4.78, 5) is 18.1. The largest absolute Gasteiger partial charge is 0.361 e. The van der Waals surface area contributed by atoms with E-state index in [2.05, 4.69) is 53.4 Å². The summed E-state index contributed by atoms with van der Waals surface area (Å²) in [6, 6.07) is 8.32. The molecule has 0 spiro atoms. The van der Waals surface area contributed by atoms with E-state index in [1.54, 1.807) is 0 Å². The van der Waals surface area contributed by atoms with Gasteiger partial charge in [-0.25, -0.2) is 0 Å². The van der Waals surface area contributed by atoms with E-state index in [9.17, 15) is 4.79 Å². The van der Waals surface area contributed by atoms with Crippen LogP contribution in [0.1, 0.15) is 45.1 Å². The monoisotopic (exact) mass is 355 g/mol. The molecular weight excluding hydrogens is 322 g/mol. The van der Waals surface area contributed by atoms with Crippen molar-refractivity contribution < 1.29 is 4.79 Å². The highest BCUT2D eigenvalue weighted by molar-refractivity contribution is 5.83. The van der Waals surface area contributed by atoms with E-state index in [1.807, 2.05) is 6.07 Å². The summed E-state index contributed by atoms with van der Waals surface area (Å²) in [5, 5.41) is 4.38. The molecule has 0 saturated carbocycles. The Hall–Kier alpha value is -1.81. The highest BCUT2D eigenvalue weighted by Crippen LogP contribution is 2.21. The Bertz CT molecular complexity index is 698. The Labute approximate surface area is 157 Å². The third-order valence-corrected chi connectivity index (χ3v) is 5.60. The number of piperidine rings is 1. The Kier molecular flexibility index (Phi) is 6.73. The van der Waals surface area contributed by atoms with Gasteiger partial charge in [0.2, 0.25) is 5.91 Å². The number of benzene rings is 1. The standard InChI is InChI=1S/C22H33N3O/c1-17(2)8-12-25-13-9-18(10-14-25)15-22(26)23-11-7-19-16-24-21-6-4-3-5-20(19)21/h3-6,16-18,24H,7-15H2,1-2H3,(H,23,26). The molecule has 4 heteroatoms. The first kappa shape index (κ1) is 19.0. The van der Waals surface area contributed by atoms with Gasteiger partial charge in [0.15, 0.2) is 0 Å². The van der Waals surface area contributed by atoms with E-state index in [1.165, 1.54) is 23.9 Å². The summed E-state index contributed by atoms with van der Waals surface area (Å²) < 4.78 is 0. The number of hydrogen-bond acceptors (Lipinski definition) is 2. The number of rotatable bonds is 8. The zero-order valence-corrected chi connectivity index (χ0v) is 16.3. The highest BCUT2D eigenvalue weighted by Gasteiger charge is 2.21. The zero-order valence-electron chi connectivity index (χ0n) is 16.3. The molecule has 1 fully saturated rings. The minimum atomic E-state index is 0.213. The molecule has 1 aromatic carbocycles. The zero-order chi connectivity index (χ0) is 18.4. The second kappa shape index (κ2) is 9.22. The average molecular weight is 356 g/mol. The van der Waals surface area contributed by atoms with E-state index < -0.39 is 0 Å². The Morgan fingerprint density at radius 2 is 2.04 bits per heavy atom. The number of nitrogens with one attached hydrogen (secondary N) is 2. The maximum Gasteiger partial charge on any atom is 0.220 e. The van der Waals surface area contributed by atoms with Crippen LogP contribution in [-0.2, 0) is 11.2 Å². The number of likely N-dealkylation sites (tertiary alicyclic amines) is 1. The van der Waals surface area contributed by atoms with Gasteiger partial charge in [0, 0.05) is 30.1 Å². The van der Waals surface area contributed by atoms with Crippen molar-refractivity contribution in [2.24, 2.45) is 11.8 Å². The fourth-order valence-electron chi connectivity index (χ4n) is 3.86. The molecular formula is C22H33N3O. The molecule has 2 aromatic rings. The number of fused-ring (bicyclic) bond motifs is 1. The predicted octanol–water partition coefficient (Wildman–Crippen LogP) is 3.97. The topological polar surface area (TPSA) is 48.1 Å². The van der Waals surface area contributed by atoms with Crippen LogP contribution in [-0.4, -0.2) is 42.0 Å². The molecule has 0 radical (unpaired) electrons. The van der Waals surface area contributed by atoms with E-state index in [0.717, 1.165) is 43.8 Å². The van der Waals surface area contributed by atoms with Crippen molar-refractivity contribution in [1.82, 2.24) is 15.2 Å². The molecule has 4 nitrogen and oxygen atoms in total. The first-order chi connectivity index (χ1) is 12.6. The van der Waals surface area contributed by atoms with Crippen molar-refractivity contribution in [3.63, 3.8) is 0 Å². The van der Waals surface area contributed by atoms with Gasteiger partial charge in [0.1, 0.15) is 0 Å². The molecule has 1 aliphatic rings. The van der Waals surface area contributed by atoms with Crippen molar-refractivity contribution in [3.8, 4) is 0 Å². The maximum absolute atomic E-state index is 12.3. The number of carbonyl (C=O) groups excluding carboxylic acids is 1. The Morgan fingerprint density at radius 1 is 1.27 bits per heavy atom. The number of para-hydroxylation sites is 1. The second-order valence-electron chi connectivity index (χ2n) is 8.13. The lowest BCUT2D eigenvalue weighted by Gasteiger charge is -2.32. The molecule has 1 amide bonds. The average Bonchev–Trinajstić information content (AvgIpc) is 3.04. The normalized spacial score (nSPS) is 16.4. The van der Waals surface area contributed by atoms with Crippen LogP contribution in [0.2, 0.25) is 0 Å². The number of hydrogen-bond donors (Lipinski definition) is 2. The second-order valence-corrected chi connectivity index (χ2v) is 8.13. The number of nitrogens with zero attached hydrogens (tertiary/aromatic N) is 1. The first-order valence-electron chi connectivity index (χ1n) is 10.2. The molecule has 0 aliphatic carbocycles. The number of amides is 1. The van der Waals surface area contributed by atoms with Crippen LogP contribution in [0.3, 0.4) is 0 Å². The number of H-pyrrole nitrogens is 1. The SMILES string of the molecule is CC(C)CCN1CCC(CC(=O)NCCc2c[nH]c3ccccc23)CC1. The van der Waals surface area contributed by atoms with Crippen LogP contribution >= 0.6 is 0 Å². The van der Waals surface area contributed by atoms with Gasteiger partial charge >= 0.3 is 0 Å². The van der Waals surface area contributed by atoms with Gasteiger partial charge in [-0.2, -0.15) is 0 Å². The molecule has 1 saturated heterocycles. The van der Waals surface area contributed by atoms with Gasteiger partial charge in [0.05, 0.1) is 0 Å². The number of carbonyl (C=O) groups is 1. The van der Waals surface area contributed by atoms with Crippen molar-refractivity contribution in [1.29, 1.82) is 0 Å². The third-order valence-electron chi connectivity index (χ3n) is 5.60. The quantitative estimate of drug-likeness (QED) is 0.752. The maximum atomic E-state index is 12.3. The summed E-state index contributed by atoms with van der Waals surface area (Å²) in [6.07, 6.45) is 7.22. The van der Waals surface area contributed by atoms with Crippen molar-refractivity contribution >= 4 is 16.8 Å². The minimum absolute atomic E-state index is 0.213. The van der Waals surface area contributed by atoms with E-state index in [-0.39, 0.29) is 5.91 Å². The highest BCUT2D eigenvalue weighted by atomic mass is 16.1. The Balaban J connectivity index is 1.35. The summed E-state index contributed by atoms with van der Waals surface area (Å²) in [6.45, 7) is 8.80. The summed E-state index contributed by atoms with van der Waals surface area (Å²) in [5.74, 6) is 1.54. The van der Waals surface area contributed by atoms with Crippen LogP contribution in [0.15, 0.2) is 30.5 Å². The van der Waals surface area contributed by atoms with Gasteiger partial charge < -0.3 is 15.2 Å². The summed E-state index contributed by atoms with van der Waals surface area (Å²) >= 11 is 0. The first-order valence-corrected chi connectivity index (χ1v) is 10.2. The molecule has 0 unspecified atom stereocenters. The minimum Gasteiger partial charge on any atom is -0.361 e. The lowest BCUT2D eigenvalue weighted by molar-refractivity contribution is -0.122. The number of aromatic amines is 1. The van der Waals surface area contributed by atoms with Gasteiger partial charge in [-0.1, -0.05) is 32.0 Å². The smallest absolute Gasteiger partial charge is 0.220 e. The van der Waals surface area contributed by atoms with E-state index in [0.29, 0.717) is 18.9 Å². The van der Waals surface area contributed by atoms with Crippen LogP contribution in [0.4, 0.5) is 0 Å². The Morgan fingerprint density at radius 3 is 2.81 bits per heavy atom. The van der Waals surface area contributed by atoms with Gasteiger partial charge in [-0.3, -0.25) is 4.79 Å². The molecule has 1 aliphatic heterocycles. The lowest BCUT2D eigenvalue weighted by Crippen LogP contribution is -2.37. The molecule has 1 aromatic heterocycles.